The number of nitrogens with zero attached hydrogens (tertiary/aromatic N) is 2. The van der Waals surface area contributed by atoms with Gasteiger partial charge in [0, 0.05) is 13.1 Å². The van der Waals surface area contributed by atoms with Gasteiger partial charge in [0.1, 0.15) is 12.3 Å². The molecule has 110 valence electrons. The maximum Gasteiger partial charge on any atom is 0.333 e. The minimum atomic E-state index is -0.386. The predicted octanol–water partition coefficient (Wildman–Crippen LogP) is 2.50. The fourth-order valence-electron chi connectivity index (χ4n) is 2.45. The Kier molecular flexibility index (Phi) is 5.17. The van der Waals surface area contributed by atoms with Gasteiger partial charge >= 0.3 is 5.69 Å². The molecule has 1 aliphatic heterocycles. The molecule has 0 spiro atoms. The van der Waals surface area contributed by atoms with Crippen LogP contribution < -0.4 is 10.1 Å². The number of para-hydroxylation sites is 1. The Balaban J connectivity index is 2.01. The lowest BCUT2D eigenvalue weighted by Crippen LogP contribution is -2.25. The van der Waals surface area contributed by atoms with Crippen LogP contribution in [0.2, 0.25) is 0 Å². The van der Waals surface area contributed by atoms with Gasteiger partial charge in [-0.2, -0.15) is 0 Å². The van der Waals surface area contributed by atoms with E-state index in [1.165, 1.54) is 12.8 Å². The quantitative estimate of drug-likeness (QED) is 0.613. The molecule has 1 aliphatic rings. The van der Waals surface area contributed by atoms with Crippen molar-refractivity contribution in [1.82, 2.24) is 4.90 Å². The zero-order valence-electron chi connectivity index (χ0n) is 11.8. The molecule has 1 aromatic rings. The average Bonchev–Trinajstić information content (AvgIpc) is 2.92. The fraction of sp³-hybridized carbons (Fsp3) is 0.571. The SMILES string of the molecule is CCNc1cccc(OCCN2CCCC2)c1[N+](=O)[O-]. The van der Waals surface area contributed by atoms with Crippen LogP contribution in [0.4, 0.5) is 11.4 Å². The lowest BCUT2D eigenvalue weighted by atomic mass is 10.2. The second-order valence-corrected chi connectivity index (χ2v) is 4.84. The molecule has 0 atom stereocenters. The number of benzene rings is 1. The van der Waals surface area contributed by atoms with Gasteiger partial charge in [-0.05, 0) is 45.0 Å². The fourth-order valence-corrected chi connectivity index (χ4v) is 2.45. The van der Waals surface area contributed by atoms with Crippen molar-refractivity contribution in [3.05, 3.63) is 28.3 Å². The van der Waals surface area contributed by atoms with Crippen LogP contribution in [-0.4, -0.2) is 42.6 Å². The van der Waals surface area contributed by atoms with Crippen LogP contribution in [0, 0.1) is 10.1 Å². The third kappa shape index (κ3) is 3.60. The van der Waals surface area contributed by atoms with Gasteiger partial charge in [0.05, 0.1) is 4.92 Å². The van der Waals surface area contributed by atoms with Crippen molar-refractivity contribution in [2.75, 3.05) is 38.1 Å². The van der Waals surface area contributed by atoms with Crippen molar-refractivity contribution in [3.63, 3.8) is 0 Å². The summed E-state index contributed by atoms with van der Waals surface area (Å²) < 4.78 is 5.62. The Morgan fingerprint density at radius 2 is 2.15 bits per heavy atom. The van der Waals surface area contributed by atoms with Crippen LogP contribution in [0.15, 0.2) is 18.2 Å². The number of likely N-dealkylation sites (tertiary alicyclic amines) is 1. The number of rotatable bonds is 7. The Morgan fingerprint density at radius 3 is 2.80 bits per heavy atom. The Hall–Kier alpha value is -1.82. The zero-order chi connectivity index (χ0) is 14.4. The van der Waals surface area contributed by atoms with Gasteiger partial charge in [0.15, 0.2) is 5.75 Å². The summed E-state index contributed by atoms with van der Waals surface area (Å²) in [5.74, 6) is 0.340. The first-order valence-electron chi connectivity index (χ1n) is 7.08. The summed E-state index contributed by atoms with van der Waals surface area (Å²) in [6.45, 7) is 6.05. The number of nitro benzene ring substituents is 1. The van der Waals surface area contributed by atoms with Gasteiger partial charge in [-0.15, -0.1) is 0 Å². The summed E-state index contributed by atoms with van der Waals surface area (Å²) >= 11 is 0. The standard InChI is InChI=1S/C14H21N3O3/c1-2-15-12-6-5-7-13(14(12)17(18)19)20-11-10-16-8-3-4-9-16/h5-7,15H,2-4,8-11H2,1H3. The predicted molar refractivity (Wildman–Crippen MR) is 78.4 cm³/mol. The molecule has 1 N–H and O–H groups in total. The largest absolute Gasteiger partial charge is 0.485 e. The second-order valence-electron chi connectivity index (χ2n) is 4.84. The molecule has 6 heteroatoms. The van der Waals surface area contributed by atoms with E-state index in [0.717, 1.165) is 19.6 Å². The third-order valence-corrected chi connectivity index (χ3v) is 3.41. The summed E-state index contributed by atoms with van der Waals surface area (Å²) in [7, 11) is 0. The van der Waals surface area contributed by atoms with Gasteiger partial charge in [0.25, 0.3) is 0 Å². The zero-order valence-corrected chi connectivity index (χ0v) is 11.8. The van der Waals surface area contributed by atoms with Crippen molar-refractivity contribution < 1.29 is 9.66 Å². The van der Waals surface area contributed by atoms with Crippen molar-refractivity contribution in [2.45, 2.75) is 19.8 Å². The van der Waals surface area contributed by atoms with Gasteiger partial charge in [-0.1, -0.05) is 6.07 Å². The molecule has 0 aliphatic carbocycles. The van der Waals surface area contributed by atoms with Crippen molar-refractivity contribution in [2.24, 2.45) is 0 Å². The number of ether oxygens (including phenoxy) is 1. The molecule has 1 saturated heterocycles. The Morgan fingerprint density at radius 1 is 1.40 bits per heavy atom. The molecule has 0 amide bonds. The van der Waals surface area contributed by atoms with E-state index in [1.54, 1.807) is 18.2 Å². The molecule has 2 rings (SSSR count). The van der Waals surface area contributed by atoms with Gasteiger partial charge < -0.3 is 10.1 Å². The molecule has 6 nitrogen and oxygen atoms in total. The van der Waals surface area contributed by atoms with Crippen LogP contribution in [0.5, 0.6) is 5.75 Å². The van der Waals surface area contributed by atoms with E-state index in [4.69, 9.17) is 4.74 Å². The second kappa shape index (κ2) is 7.09. The molecular weight excluding hydrogens is 258 g/mol. The number of nitro groups is 1. The van der Waals surface area contributed by atoms with E-state index in [9.17, 15) is 10.1 Å². The lowest BCUT2D eigenvalue weighted by molar-refractivity contribution is -0.385. The highest BCUT2D eigenvalue weighted by Crippen LogP contribution is 2.34. The maximum absolute atomic E-state index is 11.2. The van der Waals surface area contributed by atoms with Crippen LogP contribution in [-0.2, 0) is 0 Å². The minimum Gasteiger partial charge on any atom is -0.485 e. The minimum absolute atomic E-state index is 0.0239. The van der Waals surface area contributed by atoms with Gasteiger partial charge in [-0.3, -0.25) is 15.0 Å². The van der Waals surface area contributed by atoms with Crippen molar-refractivity contribution in [1.29, 1.82) is 0 Å². The normalized spacial score (nSPS) is 15.2. The number of hydrogen-bond acceptors (Lipinski definition) is 5. The number of hydrogen-bond donors (Lipinski definition) is 1. The summed E-state index contributed by atoms with van der Waals surface area (Å²) in [6, 6.07) is 5.13. The van der Waals surface area contributed by atoms with Gasteiger partial charge in [0.2, 0.25) is 0 Å². The molecule has 0 unspecified atom stereocenters. The van der Waals surface area contributed by atoms with Gasteiger partial charge in [-0.25, -0.2) is 0 Å². The first-order valence-corrected chi connectivity index (χ1v) is 7.08. The Bertz CT molecular complexity index is 459. The first-order chi connectivity index (χ1) is 9.72. The molecule has 1 heterocycles. The topological polar surface area (TPSA) is 67.6 Å². The molecule has 0 saturated carbocycles. The molecular formula is C14H21N3O3. The van der Waals surface area contributed by atoms with E-state index >= 15 is 0 Å². The first kappa shape index (κ1) is 14.6. The van der Waals surface area contributed by atoms with E-state index in [1.807, 2.05) is 6.92 Å². The molecule has 1 aromatic carbocycles. The van der Waals surface area contributed by atoms with Crippen LogP contribution >= 0.6 is 0 Å². The van der Waals surface area contributed by atoms with Crippen molar-refractivity contribution >= 4 is 11.4 Å². The number of nitrogens with one attached hydrogen (secondary N) is 1. The monoisotopic (exact) mass is 279 g/mol. The highest BCUT2D eigenvalue weighted by molar-refractivity contribution is 5.68. The third-order valence-electron chi connectivity index (χ3n) is 3.41. The summed E-state index contributed by atoms with van der Waals surface area (Å²) in [6.07, 6.45) is 2.46. The van der Waals surface area contributed by atoms with E-state index in [2.05, 4.69) is 10.2 Å². The molecule has 1 fully saturated rings. The summed E-state index contributed by atoms with van der Waals surface area (Å²) in [5.41, 5.74) is 0.534. The van der Waals surface area contributed by atoms with E-state index < -0.39 is 0 Å². The molecule has 0 aromatic heterocycles. The van der Waals surface area contributed by atoms with Crippen molar-refractivity contribution in [3.8, 4) is 5.75 Å². The molecule has 0 bridgehead atoms. The van der Waals surface area contributed by atoms with Crippen LogP contribution in [0.25, 0.3) is 0 Å². The highest BCUT2D eigenvalue weighted by Gasteiger charge is 2.21. The number of anilines is 1. The smallest absolute Gasteiger partial charge is 0.333 e. The van der Waals surface area contributed by atoms with E-state index in [-0.39, 0.29) is 10.6 Å². The maximum atomic E-state index is 11.2. The molecule has 0 radical (unpaired) electrons. The lowest BCUT2D eigenvalue weighted by Gasteiger charge is -2.15. The molecule has 20 heavy (non-hydrogen) atoms. The average molecular weight is 279 g/mol. The highest BCUT2D eigenvalue weighted by atomic mass is 16.6. The summed E-state index contributed by atoms with van der Waals surface area (Å²) in [4.78, 5) is 13.1. The summed E-state index contributed by atoms with van der Waals surface area (Å²) in [5, 5.41) is 14.2. The van der Waals surface area contributed by atoms with Crippen LogP contribution in [0.3, 0.4) is 0 Å². The Labute approximate surface area is 118 Å². The van der Waals surface area contributed by atoms with E-state index in [0.29, 0.717) is 24.6 Å². The van der Waals surface area contributed by atoms with Crippen LogP contribution in [0.1, 0.15) is 19.8 Å².